The maximum Gasteiger partial charge on any atom is 0.269 e. The highest BCUT2D eigenvalue weighted by Crippen LogP contribution is 2.37. The number of carbonyl (C=O) groups excluding carboxylic acids is 1. The standard InChI is InChI=1S/C19H18ClF2N3O4S2/c20-16-3-4-17(30-16)31(27,28)25-7-5-19(6-8-25)10-15(24-29-19)18(26)23-11-12-9-13(21)1-2-14(12)22/h1-4,9H,5-8,10-11H2,(H,23,26). The van der Waals surface area contributed by atoms with Gasteiger partial charge in [-0.1, -0.05) is 16.8 Å². The molecule has 7 nitrogen and oxygen atoms in total. The molecule has 1 saturated heterocycles. The molecule has 166 valence electrons. The molecular formula is C19H18ClF2N3O4S2. The van der Waals surface area contributed by atoms with E-state index in [4.69, 9.17) is 16.4 Å². The lowest BCUT2D eigenvalue weighted by Crippen LogP contribution is -2.47. The van der Waals surface area contributed by atoms with Gasteiger partial charge in [0.05, 0.1) is 4.34 Å². The van der Waals surface area contributed by atoms with E-state index in [1.54, 1.807) is 6.07 Å². The molecule has 1 spiro atoms. The van der Waals surface area contributed by atoms with Crippen molar-refractivity contribution in [2.75, 3.05) is 13.1 Å². The van der Waals surface area contributed by atoms with Crippen molar-refractivity contribution in [2.24, 2.45) is 5.16 Å². The third-order valence-corrected chi connectivity index (χ3v) is 8.92. The quantitative estimate of drug-likeness (QED) is 0.698. The van der Waals surface area contributed by atoms with E-state index in [0.29, 0.717) is 17.2 Å². The number of piperidine rings is 1. The van der Waals surface area contributed by atoms with Crippen LogP contribution in [0.15, 0.2) is 39.7 Å². The Balaban J connectivity index is 1.33. The smallest absolute Gasteiger partial charge is 0.269 e. The van der Waals surface area contributed by atoms with E-state index in [0.717, 1.165) is 29.5 Å². The van der Waals surface area contributed by atoms with E-state index in [9.17, 15) is 22.0 Å². The zero-order valence-corrected chi connectivity index (χ0v) is 18.5. The van der Waals surface area contributed by atoms with Crippen molar-refractivity contribution in [1.82, 2.24) is 9.62 Å². The first-order chi connectivity index (χ1) is 14.7. The number of rotatable bonds is 5. The number of sulfonamides is 1. The number of halogens is 3. The number of nitrogens with zero attached hydrogens (tertiary/aromatic N) is 2. The minimum absolute atomic E-state index is 0.0229. The second-order valence-corrected chi connectivity index (χ2v) is 11.2. The van der Waals surface area contributed by atoms with Crippen molar-refractivity contribution in [3.05, 3.63) is 51.9 Å². The van der Waals surface area contributed by atoms with Crippen molar-refractivity contribution in [3.63, 3.8) is 0 Å². The Morgan fingerprint density at radius 3 is 2.68 bits per heavy atom. The Kier molecular flexibility index (Phi) is 6.03. The zero-order chi connectivity index (χ0) is 22.2. The molecule has 0 bridgehead atoms. The van der Waals surface area contributed by atoms with Crippen LogP contribution in [0.2, 0.25) is 4.34 Å². The predicted molar refractivity (Wildman–Crippen MR) is 111 cm³/mol. The van der Waals surface area contributed by atoms with E-state index in [2.05, 4.69) is 10.5 Å². The number of carbonyl (C=O) groups is 1. The average Bonchev–Trinajstić information content (AvgIpc) is 3.36. The number of amides is 1. The van der Waals surface area contributed by atoms with Crippen LogP contribution in [-0.2, 0) is 26.2 Å². The normalized spacial score (nSPS) is 18.6. The summed E-state index contributed by atoms with van der Waals surface area (Å²) in [5.41, 5.74) is -0.594. The summed E-state index contributed by atoms with van der Waals surface area (Å²) >= 11 is 6.85. The molecule has 0 aliphatic carbocycles. The van der Waals surface area contributed by atoms with Gasteiger partial charge in [0.1, 0.15) is 27.2 Å². The van der Waals surface area contributed by atoms with Gasteiger partial charge < -0.3 is 10.2 Å². The van der Waals surface area contributed by atoms with Gasteiger partial charge >= 0.3 is 0 Å². The van der Waals surface area contributed by atoms with Crippen LogP contribution >= 0.6 is 22.9 Å². The summed E-state index contributed by atoms with van der Waals surface area (Å²) < 4.78 is 54.4. The van der Waals surface area contributed by atoms with Gasteiger partial charge in [-0.2, -0.15) is 4.31 Å². The van der Waals surface area contributed by atoms with Gasteiger partial charge in [-0.3, -0.25) is 4.79 Å². The van der Waals surface area contributed by atoms with Gasteiger partial charge in [-0.15, -0.1) is 11.3 Å². The van der Waals surface area contributed by atoms with Gasteiger partial charge in [0, 0.05) is 44.5 Å². The van der Waals surface area contributed by atoms with Gasteiger partial charge in [-0.05, 0) is 30.3 Å². The van der Waals surface area contributed by atoms with E-state index < -0.39 is 33.2 Å². The van der Waals surface area contributed by atoms with E-state index >= 15 is 0 Å². The summed E-state index contributed by atoms with van der Waals surface area (Å²) in [5, 5.41) is 6.38. The predicted octanol–water partition coefficient (Wildman–Crippen LogP) is 3.30. The first-order valence-corrected chi connectivity index (χ1v) is 12.0. The van der Waals surface area contributed by atoms with Crippen LogP contribution in [0.4, 0.5) is 8.78 Å². The molecule has 1 fully saturated rings. The highest BCUT2D eigenvalue weighted by Gasteiger charge is 2.46. The molecule has 0 atom stereocenters. The molecule has 0 saturated carbocycles. The van der Waals surface area contributed by atoms with Crippen LogP contribution in [0.1, 0.15) is 24.8 Å². The Morgan fingerprint density at radius 2 is 2.00 bits per heavy atom. The largest absolute Gasteiger partial charge is 0.388 e. The van der Waals surface area contributed by atoms with Crippen molar-refractivity contribution >= 4 is 44.6 Å². The molecule has 2 aliphatic heterocycles. The van der Waals surface area contributed by atoms with Crippen molar-refractivity contribution in [2.45, 2.75) is 35.6 Å². The minimum Gasteiger partial charge on any atom is -0.388 e. The summed E-state index contributed by atoms with van der Waals surface area (Å²) in [4.78, 5) is 17.9. The minimum atomic E-state index is -3.64. The topological polar surface area (TPSA) is 88.1 Å². The fourth-order valence-corrected chi connectivity index (χ4v) is 6.64. The monoisotopic (exact) mass is 489 g/mol. The van der Waals surface area contributed by atoms with Gasteiger partial charge in [0.25, 0.3) is 15.9 Å². The fraction of sp³-hybridized carbons (Fsp3) is 0.368. The molecule has 1 aromatic carbocycles. The highest BCUT2D eigenvalue weighted by molar-refractivity contribution is 7.91. The second kappa shape index (κ2) is 8.45. The zero-order valence-electron chi connectivity index (χ0n) is 16.1. The SMILES string of the molecule is O=C(NCc1cc(F)ccc1F)C1=NOC2(CCN(S(=O)(=O)c3ccc(Cl)s3)CC2)C1. The van der Waals surface area contributed by atoms with Crippen molar-refractivity contribution in [1.29, 1.82) is 0 Å². The number of thiophene rings is 1. The van der Waals surface area contributed by atoms with Crippen LogP contribution in [-0.4, -0.2) is 43.0 Å². The molecule has 1 amide bonds. The number of hydrogen-bond donors (Lipinski definition) is 1. The Morgan fingerprint density at radius 1 is 1.26 bits per heavy atom. The second-order valence-electron chi connectivity index (χ2n) is 7.37. The molecule has 31 heavy (non-hydrogen) atoms. The van der Waals surface area contributed by atoms with Crippen LogP contribution in [0.25, 0.3) is 0 Å². The fourth-order valence-electron chi connectivity index (χ4n) is 3.57. The number of nitrogens with one attached hydrogen (secondary N) is 1. The molecule has 4 rings (SSSR count). The van der Waals surface area contributed by atoms with Crippen molar-refractivity contribution < 1.29 is 26.8 Å². The lowest BCUT2D eigenvalue weighted by molar-refractivity contribution is -0.115. The summed E-state index contributed by atoms with van der Waals surface area (Å²) in [5.74, 6) is -1.76. The van der Waals surface area contributed by atoms with Crippen molar-refractivity contribution in [3.8, 4) is 0 Å². The summed E-state index contributed by atoms with van der Waals surface area (Å²) in [7, 11) is -3.64. The molecule has 1 aromatic heterocycles. The molecule has 12 heteroatoms. The molecule has 0 unspecified atom stereocenters. The molecule has 3 heterocycles. The first kappa shape index (κ1) is 22.1. The third kappa shape index (κ3) is 4.59. The van der Waals surface area contributed by atoms with Crippen LogP contribution in [0.5, 0.6) is 0 Å². The highest BCUT2D eigenvalue weighted by atomic mass is 35.5. The summed E-state index contributed by atoms with van der Waals surface area (Å²) in [6.45, 7) is 0.247. The third-order valence-electron chi connectivity index (χ3n) is 5.32. The van der Waals surface area contributed by atoms with Crippen LogP contribution in [0.3, 0.4) is 0 Å². The van der Waals surface area contributed by atoms with Crippen LogP contribution in [0, 0.1) is 11.6 Å². The maximum atomic E-state index is 13.7. The average molecular weight is 490 g/mol. The Hall–Kier alpha value is -2.08. The molecule has 1 N–H and O–H groups in total. The molecular weight excluding hydrogens is 472 g/mol. The maximum absolute atomic E-state index is 13.7. The first-order valence-electron chi connectivity index (χ1n) is 9.41. The number of oxime groups is 1. The molecule has 2 aliphatic rings. The van der Waals surface area contributed by atoms with Gasteiger partial charge in [-0.25, -0.2) is 17.2 Å². The van der Waals surface area contributed by atoms with E-state index in [-0.39, 0.29) is 41.5 Å². The van der Waals surface area contributed by atoms with Gasteiger partial charge in [0.15, 0.2) is 0 Å². The van der Waals surface area contributed by atoms with E-state index in [1.165, 1.54) is 10.4 Å². The summed E-state index contributed by atoms with van der Waals surface area (Å²) in [6.07, 6.45) is 0.942. The van der Waals surface area contributed by atoms with E-state index in [1.807, 2.05) is 0 Å². The lowest BCUT2D eigenvalue weighted by atomic mass is 9.87. The number of hydrogen-bond acceptors (Lipinski definition) is 6. The summed E-state index contributed by atoms with van der Waals surface area (Å²) in [6, 6.07) is 6.03. The molecule has 0 radical (unpaired) electrons. The lowest BCUT2D eigenvalue weighted by Gasteiger charge is -2.36. The molecule has 2 aromatic rings. The number of benzene rings is 1. The van der Waals surface area contributed by atoms with Crippen LogP contribution < -0.4 is 5.32 Å². The Bertz CT molecular complexity index is 1140. The Labute approximate surface area is 186 Å². The van der Waals surface area contributed by atoms with Gasteiger partial charge in [0.2, 0.25) is 0 Å².